The third kappa shape index (κ3) is 6.43. The highest BCUT2D eigenvalue weighted by Gasteiger charge is 2.09. The Labute approximate surface area is 157 Å². The summed E-state index contributed by atoms with van der Waals surface area (Å²) in [7, 11) is 3.08. The molecular formula is C19H22N2O6. The lowest BCUT2D eigenvalue weighted by Crippen LogP contribution is -2.45. The van der Waals surface area contributed by atoms with Crippen LogP contribution in [-0.2, 0) is 9.59 Å². The van der Waals surface area contributed by atoms with Crippen molar-refractivity contribution < 1.29 is 28.5 Å². The number of hydrazine groups is 1. The van der Waals surface area contributed by atoms with Crippen LogP contribution in [0.1, 0.15) is 5.56 Å². The molecule has 2 aromatic carbocycles. The minimum Gasteiger partial charge on any atom is -0.497 e. The molecule has 2 amide bonds. The molecule has 2 aromatic rings. The number of ether oxygens (including phenoxy) is 4. The monoisotopic (exact) mass is 374 g/mol. The predicted octanol–water partition coefficient (Wildman–Crippen LogP) is 1.62. The fourth-order valence-corrected chi connectivity index (χ4v) is 2.07. The van der Waals surface area contributed by atoms with E-state index >= 15 is 0 Å². The summed E-state index contributed by atoms with van der Waals surface area (Å²) >= 11 is 0. The van der Waals surface area contributed by atoms with Crippen molar-refractivity contribution in [2.24, 2.45) is 0 Å². The first kappa shape index (κ1) is 19.9. The molecule has 0 atom stereocenters. The first-order valence-electron chi connectivity index (χ1n) is 8.14. The highest BCUT2D eigenvalue weighted by molar-refractivity contribution is 5.83. The Morgan fingerprint density at radius 2 is 1.37 bits per heavy atom. The van der Waals surface area contributed by atoms with Gasteiger partial charge in [0.15, 0.2) is 24.7 Å². The van der Waals surface area contributed by atoms with E-state index in [0.717, 1.165) is 5.56 Å². The lowest BCUT2D eigenvalue weighted by atomic mass is 10.2. The van der Waals surface area contributed by atoms with Gasteiger partial charge in [0.1, 0.15) is 11.5 Å². The van der Waals surface area contributed by atoms with Gasteiger partial charge in [-0.3, -0.25) is 20.4 Å². The molecule has 0 spiro atoms. The molecular weight excluding hydrogens is 352 g/mol. The highest BCUT2D eigenvalue weighted by Crippen LogP contribution is 2.27. The number of rotatable bonds is 8. The summed E-state index contributed by atoms with van der Waals surface area (Å²) in [6.45, 7) is 1.39. The largest absolute Gasteiger partial charge is 0.497 e. The van der Waals surface area contributed by atoms with Gasteiger partial charge in [-0.15, -0.1) is 0 Å². The normalized spacial score (nSPS) is 9.89. The van der Waals surface area contributed by atoms with E-state index in [1.807, 2.05) is 13.0 Å². The Bertz CT molecular complexity index is 776. The van der Waals surface area contributed by atoms with E-state index in [0.29, 0.717) is 23.0 Å². The lowest BCUT2D eigenvalue weighted by Gasteiger charge is -2.12. The van der Waals surface area contributed by atoms with Crippen LogP contribution in [0.5, 0.6) is 23.0 Å². The molecule has 0 aromatic heterocycles. The molecule has 0 unspecified atom stereocenters. The summed E-state index contributed by atoms with van der Waals surface area (Å²) in [5.74, 6) is 1.13. The van der Waals surface area contributed by atoms with Gasteiger partial charge in [-0.25, -0.2) is 0 Å². The van der Waals surface area contributed by atoms with E-state index < -0.39 is 11.8 Å². The molecule has 0 saturated carbocycles. The first-order chi connectivity index (χ1) is 13.0. The van der Waals surface area contributed by atoms with Crippen molar-refractivity contribution in [3.8, 4) is 23.0 Å². The summed E-state index contributed by atoms with van der Waals surface area (Å²) in [5.41, 5.74) is 5.51. The van der Waals surface area contributed by atoms with Crippen LogP contribution in [0.4, 0.5) is 0 Å². The molecule has 8 nitrogen and oxygen atoms in total. The molecule has 27 heavy (non-hydrogen) atoms. The second-order valence-corrected chi connectivity index (χ2v) is 5.50. The Morgan fingerprint density at radius 1 is 0.778 bits per heavy atom. The van der Waals surface area contributed by atoms with Gasteiger partial charge in [-0.05, 0) is 48.9 Å². The molecule has 0 aliphatic rings. The maximum absolute atomic E-state index is 11.8. The van der Waals surface area contributed by atoms with Crippen LogP contribution in [-0.4, -0.2) is 39.2 Å². The molecule has 8 heteroatoms. The number of benzene rings is 2. The van der Waals surface area contributed by atoms with Crippen molar-refractivity contribution in [2.75, 3.05) is 27.4 Å². The zero-order valence-electron chi connectivity index (χ0n) is 15.4. The summed E-state index contributed by atoms with van der Waals surface area (Å²) < 4.78 is 20.9. The Hall–Kier alpha value is -3.42. The Morgan fingerprint density at radius 3 is 1.96 bits per heavy atom. The molecule has 0 bridgehead atoms. The summed E-state index contributed by atoms with van der Waals surface area (Å²) in [6, 6.07) is 12.1. The predicted molar refractivity (Wildman–Crippen MR) is 98.0 cm³/mol. The van der Waals surface area contributed by atoms with Gasteiger partial charge in [0.2, 0.25) is 0 Å². The number of carbonyl (C=O) groups excluding carboxylic acids is 2. The molecule has 0 radical (unpaired) electrons. The average Bonchev–Trinajstić information content (AvgIpc) is 2.69. The minimum absolute atomic E-state index is 0.251. The fourth-order valence-electron chi connectivity index (χ4n) is 2.07. The number of methoxy groups -OCH3 is 2. The van der Waals surface area contributed by atoms with Gasteiger partial charge in [0.05, 0.1) is 14.2 Å². The first-order valence-corrected chi connectivity index (χ1v) is 8.14. The Kier molecular flexibility index (Phi) is 7.30. The van der Waals surface area contributed by atoms with Crippen molar-refractivity contribution in [2.45, 2.75) is 6.92 Å². The van der Waals surface area contributed by atoms with Gasteiger partial charge >= 0.3 is 0 Å². The standard InChI is InChI=1S/C19H22N2O6/c1-13-4-9-16(17(10-13)25-3)27-12-19(23)21-20-18(22)11-26-15-7-5-14(24-2)6-8-15/h4-10H,11-12H2,1-3H3,(H,20,22)(H,21,23). The van der Waals surface area contributed by atoms with E-state index in [4.69, 9.17) is 18.9 Å². The van der Waals surface area contributed by atoms with E-state index in [1.165, 1.54) is 7.11 Å². The van der Waals surface area contributed by atoms with Crippen LogP contribution < -0.4 is 29.8 Å². The number of amides is 2. The van der Waals surface area contributed by atoms with Gasteiger partial charge in [-0.2, -0.15) is 0 Å². The van der Waals surface area contributed by atoms with E-state index in [1.54, 1.807) is 43.5 Å². The zero-order chi connectivity index (χ0) is 19.6. The average molecular weight is 374 g/mol. The number of nitrogens with one attached hydrogen (secondary N) is 2. The smallest absolute Gasteiger partial charge is 0.276 e. The molecule has 0 fully saturated rings. The SMILES string of the molecule is COc1ccc(OCC(=O)NNC(=O)COc2ccc(C)cc2OC)cc1. The van der Waals surface area contributed by atoms with Gasteiger partial charge < -0.3 is 18.9 Å². The number of hydrogen-bond acceptors (Lipinski definition) is 6. The second-order valence-electron chi connectivity index (χ2n) is 5.50. The maximum atomic E-state index is 11.8. The lowest BCUT2D eigenvalue weighted by molar-refractivity contribution is -0.131. The van der Waals surface area contributed by atoms with E-state index in [-0.39, 0.29) is 13.2 Å². The summed E-state index contributed by atoms with van der Waals surface area (Å²) in [6.07, 6.45) is 0. The minimum atomic E-state index is -0.518. The molecule has 2 N–H and O–H groups in total. The van der Waals surface area contributed by atoms with E-state index in [9.17, 15) is 9.59 Å². The van der Waals surface area contributed by atoms with Crippen molar-refractivity contribution in [3.63, 3.8) is 0 Å². The van der Waals surface area contributed by atoms with Gasteiger partial charge in [0, 0.05) is 0 Å². The maximum Gasteiger partial charge on any atom is 0.276 e. The summed E-state index contributed by atoms with van der Waals surface area (Å²) in [5, 5.41) is 0. The van der Waals surface area contributed by atoms with Crippen molar-refractivity contribution in [1.29, 1.82) is 0 Å². The fraction of sp³-hybridized carbons (Fsp3) is 0.263. The quantitative estimate of drug-likeness (QED) is 0.682. The van der Waals surface area contributed by atoms with Gasteiger partial charge in [-0.1, -0.05) is 6.07 Å². The molecule has 0 saturated heterocycles. The third-order valence-corrected chi connectivity index (χ3v) is 3.45. The summed E-state index contributed by atoms with van der Waals surface area (Å²) in [4.78, 5) is 23.5. The van der Waals surface area contributed by atoms with Crippen LogP contribution in [0.3, 0.4) is 0 Å². The van der Waals surface area contributed by atoms with Crippen LogP contribution in [0, 0.1) is 6.92 Å². The number of hydrogen-bond donors (Lipinski definition) is 2. The topological polar surface area (TPSA) is 95.1 Å². The Balaban J connectivity index is 1.70. The number of aryl methyl sites for hydroxylation is 1. The van der Waals surface area contributed by atoms with Crippen LogP contribution in [0.2, 0.25) is 0 Å². The molecule has 0 aliphatic carbocycles. The second kappa shape index (κ2) is 9.91. The van der Waals surface area contributed by atoms with Gasteiger partial charge in [0.25, 0.3) is 11.8 Å². The molecule has 0 heterocycles. The van der Waals surface area contributed by atoms with E-state index in [2.05, 4.69) is 10.9 Å². The van der Waals surface area contributed by atoms with Crippen molar-refractivity contribution in [3.05, 3.63) is 48.0 Å². The highest BCUT2D eigenvalue weighted by atomic mass is 16.5. The third-order valence-electron chi connectivity index (χ3n) is 3.45. The molecule has 0 aliphatic heterocycles. The number of carbonyl (C=O) groups is 2. The van der Waals surface area contributed by atoms with Crippen LogP contribution in [0.25, 0.3) is 0 Å². The molecule has 144 valence electrons. The molecule has 2 rings (SSSR count). The van der Waals surface area contributed by atoms with Crippen LogP contribution in [0.15, 0.2) is 42.5 Å². The van der Waals surface area contributed by atoms with Crippen molar-refractivity contribution >= 4 is 11.8 Å². The zero-order valence-corrected chi connectivity index (χ0v) is 15.4. The van der Waals surface area contributed by atoms with Crippen LogP contribution >= 0.6 is 0 Å². The van der Waals surface area contributed by atoms with Crippen molar-refractivity contribution in [1.82, 2.24) is 10.9 Å².